The maximum absolute atomic E-state index is 13.3. The Morgan fingerprint density at radius 2 is 2.06 bits per heavy atom. The number of aliphatic carboxylic acids is 1. The monoisotopic (exact) mass is 316 g/mol. The number of ether oxygens (including phenoxy) is 1. The van der Waals surface area contributed by atoms with Crippen LogP contribution in [0.4, 0.5) is 4.39 Å². The average molecular weight is 317 g/mol. The number of carboxylic acids is 1. The third-order valence-corrected chi connectivity index (χ3v) is 3.83. The predicted molar refractivity (Wildman–Crippen MR) is 67.9 cm³/mol. The van der Waals surface area contributed by atoms with E-state index in [0.717, 1.165) is 0 Å². The second kappa shape index (κ2) is 5.36. The molecule has 5 heteroatoms. The molecule has 2 rings (SSSR count). The lowest BCUT2D eigenvalue weighted by atomic mass is 9.75. The van der Waals surface area contributed by atoms with Crippen molar-refractivity contribution in [3.8, 4) is 0 Å². The quantitative estimate of drug-likeness (QED) is 0.932. The molecular formula is C13H14BrFO3. The third-order valence-electron chi connectivity index (χ3n) is 3.37. The van der Waals surface area contributed by atoms with Gasteiger partial charge in [-0.15, -0.1) is 0 Å². The van der Waals surface area contributed by atoms with E-state index in [-0.39, 0.29) is 5.82 Å². The molecule has 0 saturated carbocycles. The molecule has 1 aliphatic heterocycles. The number of halogens is 2. The summed E-state index contributed by atoms with van der Waals surface area (Å²) in [6, 6.07) is 4.52. The summed E-state index contributed by atoms with van der Waals surface area (Å²) in [5.41, 5.74) is -0.128. The van der Waals surface area contributed by atoms with Crippen molar-refractivity contribution in [3.63, 3.8) is 0 Å². The number of rotatable bonds is 3. The van der Waals surface area contributed by atoms with Crippen LogP contribution in [0.1, 0.15) is 18.4 Å². The molecule has 0 radical (unpaired) electrons. The lowest BCUT2D eigenvalue weighted by molar-refractivity contribution is -0.154. The zero-order chi connectivity index (χ0) is 13.2. The molecule has 0 aromatic heterocycles. The van der Waals surface area contributed by atoms with Crippen LogP contribution >= 0.6 is 15.9 Å². The molecule has 0 aliphatic carbocycles. The van der Waals surface area contributed by atoms with Gasteiger partial charge in [0.2, 0.25) is 0 Å². The smallest absolute Gasteiger partial charge is 0.310 e. The van der Waals surface area contributed by atoms with Gasteiger partial charge in [0.25, 0.3) is 0 Å². The summed E-state index contributed by atoms with van der Waals surface area (Å²) in [4.78, 5) is 11.5. The second-order valence-corrected chi connectivity index (χ2v) is 5.57. The zero-order valence-electron chi connectivity index (χ0n) is 9.79. The minimum atomic E-state index is -0.828. The first-order valence-electron chi connectivity index (χ1n) is 5.78. The molecule has 1 aromatic rings. The topological polar surface area (TPSA) is 46.5 Å². The Balaban J connectivity index is 2.25. The highest BCUT2D eigenvalue weighted by Gasteiger charge is 2.40. The van der Waals surface area contributed by atoms with E-state index in [1.807, 2.05) is 0 Å². The maximum atomic E-state index is 13.3. The zero-order valence-corrected chi connectivity index (χ0v) is 11.4. The van der Waals surface area contributed by atoms with Crippen molar-refractivity contribution < 1.29 is 19.0 Å². The van der Waals surface area contributed by atoms with Crippen LogP contribution in [0.5, 0.6) is 0 Å². The number of carbonyl (C=O) groups is 1. The number of hydrogen-bond acceptors (Lipinski definition) is 2. The Bertz CT molecular complexity index is 435. The molecular weight excluding hydrogens is 303 g/mol. The van der Waals surface area contributed by atoms with Crippen molar-refractivity contribution in [1.82, 2.24) is 0 Å². The summed E-state index contributed by atoms with van der Waals surface area (Å²) in [5.74, 6) is -1.18. The van der Waals surface area contributed by atoms with E-state index >= 15 is 0 Å². The Kier molecular flexibility index (Phi) is 4.02. The van der Waals surface area contributed by atoms with Gasteiger partial charge < -0.3 is 9.84 Å². The van der Waals surface area contributed by atoms with Crippen LogP contribution in [-0.2, 0) is 16.0 Å². The molecule has 1 aliphatic rings. The SMILES string of the molecule is O=C(O)C1(Cc2cc(F)cc(Br)c2)CCOCC1. The Labute approximate surface area is 113 Å². The number of carboxylic acid groups (broad SMARTS) is 1. The molecule has 3 nitrogen and oxygen atoms in total. The predicted octanol–water partition coefficient (Wildman–Crippen LogP) is 3.01. The maximum Gasteiger partial charge on any atom is 0.310 e. The van der Waals surface area contributed by atoms with E-state index in [0.29, 0.717) is 42.5 Å². The van der Waals surface area contributed by atoms with Crippen molar-refractivity contribution in [2.75, 3.05) is 13.2 Å². The summed E-state index contributed by atoms with van der Waals surface area (Å²) in [6.45, 7) is 0.894. The van der Waals surface area contributed by atoms with Gasteiger partial charge in [0.15, 0.2) is 0 Å². The van der Waals surface area contributed by atoms with Crippen LogP contribution in [0, 0.1) is 11.2 Å². The molecule has 0 atom stereocenters. The summed E-state index contributed by atoms with van der Waals surface area (Å²) >= 11 is 3.22. The molecule has 0 unspecified atom stereocenters. The first-order chi connectivity index (χ1) is 8.52. The minimum absolute atomic E-state index is 0.335. The molecule has 0 spiro atoms. The third kappa shape index (κ3) is 2.90. The lowest BCUT2D eigenvalue weighted by Crippen LogP contribution is -2.39. The summed E-state index contributed by atoms with van der Waals surface area (Å²) < 4.78 is 19.1. The van der Waals surface area contributed by atoms with Crippen LogP contribution in [0.15, 0.2) is 22.7 Å². The van der Waals surface area contributed by atoms with E-state index in [2.05, 4.69) is 15.9 Å². The second-order valence-electron chi connectivity index (χ2n) is 4.65. The van der Waals surface area contributed by atoms with E-state index in [9.17, 15) is 14.3 Å². The minimum Gasteiger partial charge on any atom is -0.481 e. The highest BCUT2D eigenvalue weighted by molar-refractivity contribution is 9.10. The molecule has 1 N–H and O–H groups in total. The standard InChI is InChI=1S/C13H14BrFO3/c14-10-5-9(6-11(15)7-10)8-13(12(16)17)1-3-18-4-2-13/h5-7H,1-4,8H2,(H,16,17). The van der Waals surface area contributed by atoms with E-state index in [1.54, 1.807) is 6.07 Å². The van der Waals surface area contributed by atoms with Gasteiger partial charge in [0.05, 0.1) is 5.41 Å². The van der Waals surface area contributed by atoms with Crippen LogP contribution < -0.4 is 0 Å². The van der Waals surface area contributed by atoms with Gasteiger partial charge in [-0.25, -0.2) is 4.39 Å². The molecule has 0 bridgehead atoms. The summed E-state index contributed by atoms with van der Waals surface area (Å²) in [5, 5.41) is 9.43. The van der Waals surface area contributed by atoms with Crippen molar-refractivity contribution in [2.24, 2.45) is 5.41 Å². The highest BCUT2D eigenvalue weighted by atomic mass is 79.9. The van der Waals surface area contributed by atoms with Gasteiger partial charge >= 0.3 is 5.97 Å². The first-order valence-corrected chi connectivity index (χ1v) is 6.57. The number of benzene rings is 1. The molecule has 1 saturated heterocycles. The molecule has 1 heterocycles. The average Bonchev–Trinajstić information content (AvgIpc) is 2.28. The van der Waals surface area contributed by atoms with Crippen LogP contribution in [0.2, 0.25) is 0 Å². The molecule has 98 valence electrons. The van der Waals surface area contributed by atoms with Crippen LogP contribution in [-0.4, -0.2) is 24.3 Å². The largest absolute Gasteiger partial charge is 0.481 e. The fourth-order valence-corrected chi connectivity index (χ4v) is 2.84. The normalized spacial score (nSPS) is 18.6. The van der Waals surface area contributed by atoms with Gasteiger partial charge in [0, 0.05) is 17.7 Å². The van der Waals surface area contributed by atoms with E-state index in [1.165, 1.54) is 12.1 Å². The molecule has 0 amide bonds. The van der Waals surface area contributed by atoms with E-state index in [4.69, 9.17) is 4.74 Å². The Morgan fingerprint density at radius 3 is 2.61 bits per heavy atom. The van der Waals surface area contributed by atoms with Gasteiger partial charge in [-0.1, -0.05) is 15.9 Å². The van der Waals surface area contributed by atoms with Crippen molar-refractivity contribution in [1.29, 1.82) is 0 Å². The van der Waals surface area contributed by atoms with E-state index < -0.39 is 11.4 Å². The lowest BCUT2D eigenvalue weighted by Gasteiger charge is -2.33. The molecule has 18 heavy (non-hydrogen) atoms. The fourth-order valence-electron chi connectivity index (χ4n) is 2.33. The highest BCUT2D eigenvalue weighted by Crippen LogP contribution is 2.35. The number of hydrogen-bond donors (Lipinski definition) is 1. The Morgan fingerprint density at radius 1 is 1.39 bits per heavy atom. The van der Waals surface area contributed by atoms with Gasteiger partial charge in [-0.05, 0) is 43.0 Å². The fraction of sp³-hybridized carbons (Fsp3) is 0.462. The van der Waals surface area contributed by atoms with Crippen molar-refractivity contribution >= 4 is 21.9 Å². The summed E-state index contributed by atoms with van der Waals surface area (Å²) in [6.07, 6.45) is 1.27. The Hall–Kier alpha value is -0.940. The summed E-state index contributed by atoms with van der Waals surface area (Å²) in [7, 11) is 0. The van der Waals surface area contributed by atoms with Gasteiger partial charge in [0.1, 0.15) is 5.82 Å². The first kappa shape index (κ1) is 13.5. The van der Waals surface area contributed by atoms with Gasteiger partial charge in [-0.3, -0.25) is 4.79 Å². The van der Waals surface area contributed by atoms with Crippen molar-refractivity contribution in [3.05, 3.63) is 34.1 Å². The molecule has 1 fully saturated rings. The van der Waals surface area contributed by atoms with Crippen LogP contribution in [0.25, 0.3) is 0 Å². The van der Waals surface area contributed by atoms with Crippen LogP contribution in [0.3, 0.4) is 0 Å². The van der Waals surface area contributed by atoms with Gasteiger partial charge in [-0.2, -0.15) is 0 Å². The van der Waals surface area contributed by atoms with Crippen molar-refractivity contribution in [2.45, 2.75) is 19.3 Å². The molecule has 1 aromatic carbocycles.